The van der Waals surface area contributed by atoms with Gasteiger partial charge in [0.2, 0.25) is 0 Å². The highest BCUT2D eigenvalue weighted by Crippen LogP contribution is 2.17. The molecule has 0 fully saturated rings. The van der Waals surface area contributed by atoms with E-state index in [0.29, 0.717) is 12.2 Å². The zero-order chi connectivity index (χ0) is 13.8. The monoisotopic (exact) mass is 256 g/mol. The number of rotatable bonds is 4. The lowest BCUT2D eigenvalue weighted by molar-refractivity contribution is 0.0695. The van der Waals surface area contributed by atoms with Gasteiger partial charge in [0.25, 0.3) is 0 Å². The third-order valence-corrected chi connectivity index (χ3v) is 2.98. The lowest BCUT2D eigenvalue weighted by Gasteiger charge is -2.19. The second-order valence-corrected chi connectivity index (χ2v) is 4.49. The van der Waals surface area contributed by atoms with Gasteiger partial charge < -0.3 is 10.0 Å². The smallest absolute Gasteiger partial charge is 0.337 e. The molecule has 0 saturated carbocycles. The molecule has 4 nitrogen and oxygen atoms in total. The van der Waals surface area contributed by atoms with Gasteiger partial charge in [0.15, 0.2) is 0 Å². The number of aromatic nitrogens is 1. The molecule has 0 aliphatic rings. The highest BCUT2D eigenvalue weighted by molar-refractivity contribution is 5.88. The van der Waals surface area contributed by atoms with Crippen molar-refractivity contribution in [3.8, 4) is 0 Å². The molecule has 1 aromatic carbocycles. The number of aryl methyl sites for hydroxylation is 1. The van der Waals surface area contributed by atoms with Crippen LogP contribution in [-0.2, 0) is 6.54 Å². The van der Waals surface area contributed by atoms with E-state index in [1.165, 1.54) is 5.56 Å². The first-order chi connectivity index (χ1) is 9.08. The molecule has 1 N–H and O–H groups in total. The number of anilines is 1. The standard InChI is InChI=1S/C15H16N2O2/c1-11-5-7-12(8-6-11)17(2)10-14-13(15(18)19)4-3-9-16-14/h3-9H,10H2,1-2H3,(H,18,19). The third kappa shape index (κ3) is 3.10. The Bertz CT molecular complexity index is 579. The van der Waals surface area contributed by atoms with Crippen LogP contribution in [-0.4, -0.2) is 23.1 Å². The number of carbonyl (C=O) groups is 1. The van der Waals surface area contributed by atoms with E-state index in [2.05, 4.69) is 4.98 Å². The zero-order valence-electron chi connectivity index (χ0n) is 11.0. The fourth-order valence-corrected chi connectivity index (χ4v) is 1.87. The van der Waals surface area contributed by atoms with Gasteiger partial charge >= 0.3 is 5.97 Å². The number of hydrogen-bond donors (Lipinski definition) is 1. The molecule has 2 rings (SSSR count). The number of carboxylic acid groups (broad SMARTS) is 1. The quantitative estimate of drug-likeness (QED) is 0.913. The number of hydrogen-bond acceptors (Lipinski definition) is 3. The average Bonchev–Trinajstić information content (AvgIpc) is 2.39. The number of pyridine rings is 1. The van der Waals surface area contributed by atoms with E-state index >= 15 is 0 Å². The first-order valence-corrected chi connectivity index (χ1v) is 6.03. The van der Waals surface area contributed by atoms with Crippen molar-refractivity contribution in [1.82, 2.24) is 4.98 Å². The maximum atomic E-state index is 11.1. The molecule has 0 saturated heterocycles. The summed E-state index contributed by atoms with van der Waals surface area (Å²) in [6.45, 7) is 2.50. The van der Waals surface area contributed by atoms with Crippen molar-refractivity contribution in [1.29, 1.82) is 0 Å². The van der Waals surface area contributed by atoms with Crippen LogP contribution in [0.25, 0.3) is 0 Å². The van der Waals surface area contributed by atoms with Gasteiger partial charge in [-0.1, -0.05) is 17.7 Å². The van der Waals surface area contributed by atoms with Crippen molar-refractivity contribution >= 4 is 11.7 Å². The molecule has 4 heteroatoms. The van der Waals surface area contributed by atoms with Gasteiger partial charge in [0.1, 0.15) is 0 Å². The Balaban J connectivity index is 2.21. The fraction of sp³-hybridized carbons (Fsp3) is 0.200. The molecular weight excluding hydrogens is 240 g/mol. The average molecular weight is 256 g/mol. The Morgan fingerprint density at radius 3 is 2.58 bits per heavy atom. The van der Waals surface area contributed by atoms with Crippen molar-refractivity contribution in [2.75, 3.05) is 11.9 Å². The number of aromatic carboxylic acids is 1. The fourth-order valence-electron chi connectivity index (χ4n) is 1.87. The normalized spacial score (nSPS) is 10.2. The van der Waals surface area contributed by atoms with Crippen molar-refractivity contribution < 1.29 is 9.90 Å². The number of benzene rings is 1. The molecule has 19 heavy (non-hydrogen) atoms. The van der Waals surface area contributed by atoms with E-state index in [-0.39, 0.29) is 5.56 Å². The molecule has 0 aliphatic carbocycles. The molecule has 0 spiro atoms. The van der Waals surface area contributed by atoms with Gasteiger partial charge in [-0.2, -0.15) is 0 Å². The highest BCUT2D eigenvalue weighted by atomic mass is 16.4. The molecule has 1 aromatic heterocycles. The minimum absolute atomic E-state index is 0.251. The van der Waals surface area contributed by atoms with Gasteiger partial charge in [-0.05, 0) is 31.2 Å². The number of nitrogens with zero attached hydrogens (tertiary/aromatic N) is 2. The van der Waals surface area contributed by atoms with Crippen LogP contribution < -0.4 is 4.90 Å². The molecule has 0 radical (unpaired) electrons. The van der Waals surface area contributed by atoms with Gasteiger partial charge in [0.05, 0.1) is 17.8 Å². The second-order valence-electron chi connectivity index (χ2n) is 4.49. The van der Waals surface area contributed by atoms with E-state index in [0.717, 1.165) is 5.69 Å². The largest absolute Gasteiger partial charge is 0.478 e. The minimum Gasteiger partial charge on any atom is -0.478 e. The summed E-state index contributed by atoms with van der Waals surface area (Å²) in [7, 11) is 1.92. The predicted octanol–water partition coefficient (Wildman–Crippen LogP) is 2.72. The molecule has 1 heterocycles. The Kier molecular flexibility index (Phi) is 3.80. The van der Waals surface area contributed by atoms with Gasteiger partial charge in [-0.3, -0.25) is 4.98 Å². The minimum atomic E-state index is -0.944. The lowest BCUT2D eigenvalue weighted by Crippen LogP contribution is -2.19. The molecule has 2 aromatic rings. The van der Waals surface area contributed by atoms with Gasteiger partial charge in [-0.15, -0.1) is 0 Å². The second kappa shape index (κ2) is 5.52. The van der Waals surface area contributed by atoms with Crippen molar-refractivity contribution in [2.24, 2.45) is 0 Å². The third-order valence-electron chi connectivity index (χ3n) is 2.98. The summed E-state index contributed by atoms with van der Waals surface area (Å²) in [5, 5.41) is 9.13. The van der Waals surface area contributed by atoms with Crippen LogP contribution in [0.2, 0.25) is 0 Å². The highest BCUT2D eigenvalue weighted by Gasteiger charge is 2.12. The van der Waals surface area contributed by atoms with Crippen LogP contribution >= 0.6 is 0 Å². The van der Waals surface area contributed by atoms with E-state index in [1.54, 1.807) is 18.3 Å². The summed E-state index contributed by atoms with van der Waals surface area (Å²) in [6, 6.07) is 11.3. The summed E-state index contributed by atoms with van der Waals surface area (Å²) >= 11 is 0. The summed E-state index contributed by atoms with van der Waals surface area (Å²) in [5.74, 6) is -0.944. The molecule has 0 bridgehead atoms. The van der Waals surface area contributed by atoms with Crippen LogP contribution in [0.15, 0.2) is 42.6 Å². The summed E-state index contributed by atoms with van der Waals surface area (Å²) in [6.07, 6.45) is 1.62. The van der Waals surface area contributed by atoms with E-state index in [4.69, 9.17) is 5.11 Å². The molecule has 0 unspecified atom stereocenters. The molecule has 98 valence electrons. The van der Waals surface area contributed by atoms with Crippen molar-refractivity contribution in [2.45, 2.75) is 13.5 Å². The maximum Gasteiger partial charge on any atom is 0.337 e. The lowest BCUT2D eigenvalue weighted by atomic mass is 10.1. The summed E-state index contributed by atoms with van der Waals surface area (Å²) < 4.78 is 0. The SMILES string of the molecule is Cc1ccc(N(C)Cc2ncccc2C(=O)O)cc1. The van der Waals surface area contributed by atoms with Crippen molar-refractivity contribution in [3.05, 3.63) is 59.4 Å². The Morgan fingerprint density at radius 2 is 1.95 bits per heavy atom. The van der Waals surface area contributed by atoms with Crippen molar-refractivity contribution in [3.63, 3.8) is 0 Å². The van der Waals surface area contributed by atoms with E-state index < -0.39 is 5.97 Å². The first kappa shape index (κ1) is 13.1. The molecule has 0 aliphatic heterocycles. The molecule has 0 atom stereocenters. The summed E-state index contributed by atoms with van der Waals surface area (Å²) in [5.41, 5.74) is 3.05. The Hall–Kier alpha value is -2.36. The predicted molar refractivity (Wildman–Crippen MR) is 74.5 cm³/mol. The van der Waals surface area contributed by atoms with Crippen LogP contribution in [0.3, 0.4) is 0 Å². The van der Waals surface area contributed by atoms with E-state index in [9.17, 15) is 4.79 Å². The van der Waals surface area contributed by atoms with Crippen LogP contribution in [0, 0.1) is 6.92 Å². The summed E-state index contributed by atoms with van der Waals surface area (Å²) in [4.78, 5) is 17.3. The van der Waals surface area contributed by atoms with Gasteiger partial charge in [0, 0.05) is 18.9 Å². The topological polar surface area (TPSA) is 53.4 Å². The van der Waals surface area contributed by atoms with Crippen LogP contribution in [0.4, 0.5) is 5.69 Å². The first-order valence-electron chi connectivity index (χ1n) is 6.03. The molecular formula is C15H16N2O2. The van der Waals surface area contributed by atoms with E-state index in [1.807, 2.05) is 43.1 Å². The number of carboxylic acids is 1. The molecule has 0 amide bonds. The Labute approximate surface area is 112 Å². The Morgan fingerprint density at radius 1 is 1.26 bits per heavy atom. The maximum absolute atomic E-state index is 11.1. The van der Waals surface area contributed by atoms with Gasteiger partial charge in [-0.25, -0.2) is 4.79 Å². The van der Waals surface area contributed by atoms with Crippen LogP contribution in [0.1, 0.15) is 21.6 Å². The zero-order valence-corrected chi connectivity index (χ0v) is 11.0. The van der Waals surface area contributed by atoms with Crippen LogP contribution in [0.5, 0.6) is 0 Å².